The van der Waals surface area contributed by atoms with Crippen LogP contribution in [-0.2, 0) is 0 Å². The monoisotopic (exact) mass is 705 g/mol. The van der Waals surface area contributed by atoms with Crippen molar-refractivity contribution in [2.75, 3.05) is 0 Å². The Balaban J connectivity index is 1.07. The molecule has 0 saturated heterocycles. The van der Waals surface area contributed by atoms with Gasteiger partial charge in [0.25, 0.3) is 0 Å². The van der Waals surface area contributed by atoms with Crippen molar-refractivity contribution in [2.24, 2.45) is 0 Å². The fourth-order valence-corrected chi connectivity index (χ4v) is 9.21. The number of hydrogen-bond acceptors (Lipinski definition) is 3. The normalized spacial score (nSPS) is 11.7. The molecular weight excluding hydrogens is 675 g/mol. The molecular formula is C50H31N3S. The molecule has 0 saturated carbocycles. The number of hydrogen-bond donors (Lipinski definition) is 0. The molecule has 252 valence electrons. The van der Waals surface area contributed by atoms with E-state index in [-0.39, 0.29) is 0 Å². The third-order valence-corrected chi connectivity index (χ3v) is 11.8. The van der Waals surface area contributed by atoms with Gasteiger partial charge in [-0.2, -0.15) is 0 Å². The van der Waals surface area contributed by atoms with Crippen LogP contribution in [0.1, 0.15) is 0 Å². The Kier molecular flexibility index (Phi) is 7.04. The summed E-state index contributed by atoms with van der Waals surface area (Å²) < 4.78 is 4.98. The second-order valence-corrected chi connectivity index (χ2v) is 14.9. The lowest BCUT2D eigenvalue weighted by Crippen LogP contribution is -1.96. The van der Waals surface area contributed by atoms with Crippen molar-refractivity contribution in [1.29, 1.82) is 0 Å². The number of aromatic nitrogens is 3. The van der Waals surface area contributed by atoms with Gasteiger partial charge >= 0.3 is 0 Å². The van der Waals surface area contributed by atoms with Crippen LogP contribution in [0.25, 0.3) is 103 Å². The number of nitrogens with zero attached hydrogens (tertiary/aromatic N) is 3. The fourth-order valence-electron chi connectivity index (χ4n) is 8.07. The van der Waals surface area contributed by atoms with Gasteiger partial charge in [0.05, 0.1) is 22.2 Å². The van der Waals surface area contributed by atoms with Gasteiger partial charge in [-0.3, -0.25) is 0 Å². The molecule has 0 unspecified atom stereocenters. The highest BCUT2D eigenvalue weighted by atomic mass is 32.1. The zero-order valence-electron chi connectivity index (χ0n) is 29.1. The quantitative estimate of drug-likeness (QED) is 0.178. The van der Waals surface area contributed by atoms with Gasteiger partial charge in [-0.15, -0.1) is 11.3 Å². The van der Waals surface area contributed by atoms with Gasteiger partial charge in [-0.1, -0.05) is 133 Å². The van der Waals surface area contributed by atoms with Crippen LogP contribution < -0.4 is 0 Å². The first kappa shape index (κ1) is 30.7. The van der Waals surface area contributed by atoms with Crippen molar-refractivity contribution < 1.29 is 0 Å². The van der Waals surface area contributed by atoms with E-state index in [4.69, 9.17) is 9.97 Å². The molecule has 0 atom stereocenters. The smallest absolute Gasteiger partial charge is 0.160 e. The highest BCUT2D eigenvalue weighted by molar-refractivity contribution is 7.25. The first-order valence-corrected chi connectivity index (χ1v) is 19.1. The third kappa shape index (κ3) is 4.96. The van der Waals surface area contributed by atoms with Crippen molar-refractivity contribution in [1.82, 2.24) is 14.5 Å². The first-order chi connectivity index (χ1) is 26.8. The highest BCUT2D eigenvalue weighted by Crippen LogP contribution is 2.41. The number of fused-ring (bicyclic) bond motifs is 7. The van der Waals surface area contributed by atoms with Crippen LogP contribution in [0.5, 0.6) is 0 Å². The molecule has 0 amide bonds. The Morgan fingerprint density at radius 2 is 1.02 bits per heavy atom. The molecule has 0 aliphatic carbocycles. The summed E-state index contributed by atoms with van der Waals surface area (Å²) in [5, 5.41) is 6.12. The minimum atomic E-state index is 0.722. The second kappa shape index (κ2) is 12.4. The molecule has 3 nitrogen and oxygen atoms in total. The van der Waals surface area contributed by atoms with Gasteiger partial charge in [0, 0.05) is 53.1 Å². The van der Waals surface area contributed by atoms with E-state index in [1.807, 2.05) is 29.5 Å². The Morgan fingerprint density at radius 3 is 1.85 bits per heavy atom. The molecule has 11 aromatic rings. The summed E-state index contributed by atoms with van der Waals surface area (Å²) in [5.74, 6) is 0.722. The zero-order chi connectivity index (χ0) is 35.6. The summed E-state index contributed by atoms with van der Waals surface area (Å²) in [6, 6.07) is 67.3. The first-order valence-electron chi connectivity index (χ1n) is 18.2. The number of rotatable bonds is 5. The largest absolute Gasteiger partial charge is 0.309 e. The molecule has 0 aliphatic heterocycles. The molecule has 3 aromatic heterocycles. The van der Waals surface area contributed by atoms with Crippen LogP contribution in [0.2, 0.25) is 0 Å². The Morgan fingerprint density at radius 1 is 0.389 bits per heavy atom. The predicted octanol–water partition coefficient (Wildman–Crippen LogP) is 13.8. The van der Waals surface area contributed by atoms with Crippen LogP contribution in [0.15, 0.2) is 188 Å². The zero-order valence-corrected chi connectivity index (χ0v) is 30.0. The molecule has 54 heavy (non-hydrogen) atoms. The molecule has 4 heteroatoms. The van der Waals surface area contributed by atoms with Crippen LogP contribution >= 0.6 is 11.3 Å². The maximum absolute atomic E-state index is 5.28. The highest BCUT2D eigenvalue weighted by Gasteiger charge is 2.17. The number of benzene rings is 8. The van der Waals surface area contributed by atoms with Crippen molar-refractivity contribution in [3.8, 4) is 50.6 Å². The van der Waals surface area contributed by atoms with E-state index in [1.165, 1.54) is 53.1 Å². The van der Waals surface area contributed by atoms with Crippen LogP contribution in [-0.4, -0.2) is 14.5 Å². The molecule has 0 fully saturated rings. The lowest BCUT2D eigenvalue weighted by atomic mass is 9.96. The lowest BCUT2D eigenvalue weighted by molar-refractivity contribution is 1.18. The Hall–Kier alpha value is -6.88. The number of para-hydroxylation sites is 2. The van der Waals surface area contributed by atoms with E-state index >= 15 is 0 Å². The SMILES string of the molecule is c1ccc(-c2nc(-c3ccc(-c4cccc5sc6ccccc6c45)cc3)c3cc(-c4ccc5c(c4)c4ccccc4n5-c4ccccc4)ccc3n2)cc1. The average Bonchev–Trinajstić information content (AvgIpc) is 3.79. The molecule has 3 heterocycles. The third-order valence-electron chi connectivity index (χ3n) is 10.6. The summed E-state index contributed by atoms with van der Waals surface area (Å²) in [4.78, 5) is 10.4. The topological polar surface area (TPSA) is 30.7 Å². The molecule has 0 radical (unpaired) electrons. The summed E-state index contributed by atoms with van der Waals surface area (Å²) in [6.45, 7) is 0. The molecule has 0 aliphatic rings. The fraction of sp³-hybridized carbons (Fsp3) is 0. The van der Waals surface area contributed by atoms with Gasteiger partial charge in [-0.05, 0) is 76.9 Å². The van der Waals surface area contributed by atoms with Gasteiger partial charge in [0.2, 0.25) is 0 Å². The summed E-state index contributed by atoms with van der Waals surface area (Å²) >= 11 is 1.85. The second-order valence-electron chi connectivity index (χ2n) is 13.8. The van der Waals surface area contributed by atoms with Crippen molar-refractivity contribution in [2.45, 2.75) is 0 Å². The van der Waals surface area contributed by atoms with Gasteiger partial charge in [-0.25, -0.2) is 9.97 Å². The number of thiophene rings is 1. The summed E-state index contributed by atoms with van der Waals surface area (Å²) in [7, 11) is 0. The van der Waals surface area contributed by atoms with Crippen LogP contribution in [0.3, 0.4) is 0 Å². The Labute approximate surface area is 316 Å². The molecule has 0 N–H and O–H groups in total. The minimum Gasteiger partial charge on any atom is -0.309 e. The summed E-state index contributed by atoms with van der Waals surface area (Å²) in [5.41, 5.74) is 12.2. The van der Waals surface area contributed by atoms with E-state index in [1.54, 1.807) is 0 Å². The summed E-state index contributed by atoms with van der Waals surface area (Å²) in [6.07, 6.45) is 0. The van der Waals surface area contributed by atoms with Crippen molar-refractivity contribution in [3.05, 3.63) is 188 Å². The van der Waals surface area contributed by atoms with E-state index in [0.717, 1.165) is 50.4 Å². The molecule has 11 rings (SSSR count). The van der Waals surface area contributed by atoms with Gasteiger partial charge in [0.15, 0.2) is 5.82 Å². The Bertz CT molecular complexity index is 3200. The predicted molar refractivity (Wildman–Crippen MR) is 229 cm³/mol. The van der Waals surface area contributed by atoms with E-state index in [2.05, 4.69) is 174 Å². The van der Waals surface area contributed by atoms with E-state index in [0.29, 0.717) is 0 Å². The maximum atomic E-state index is 5.28. The average molecular weight is 706 g/mol. The van der Waals surface area contributed by atoms with E-state index in [9.17, 15) is 0 Å². The van der Waals surface area contributed by atoms with Crippen molar-refractivity contribution in [3.63, 3.8) is 0 Å². The maximum Gasteiger partial charge on any atom is 0.160 e. The van der Waals surface area contributed by atoms with Gasteiger partial charge in [0.1, 0.15) is 0 Å². The molecule has 8 aromatic carbocycles. The van der Waals surface area contributed by atoms with Gasteiger partial charge < -0.3 is 4.57 Å². The lowest BCUT2D eigenvalue weighted by Gasteiger charge is -2.13. The van der Waals surface area contributed by atoms with Crippen LogP contribution in [0, 0.1) is 0 Å². The minimum absolute atomic E-state index is 0.722. The standard InChI is InChI=1S/C50H31N3S/c1-3-12-34(13-4-1)50-51-43-28-26-35(36-27-29-45-41(30-36)39-16-7-9-19-44(39)53(45)37-14-5-2-6-15-37)31-42(43)49(52-50)33-24-22-32(23-25-33)38-18-11-21-47-48(38)40-17-8-10-20-46(40)54-47/h1-31H. The van der Waals surface area contributed by atoms with Crippen molar-refractivity contribution >= 4 is 64.2 Å². The van der Waals surface area contributed by atoms with Crippen LogP contribution in [0.4, 0.5) is 0 Å². The molecule has 0 spiro atoms. The van der Waals surface area contributed by atoms with E-state index < -0.39 is 0 Å². The molecule has 0 bridgehead atoms.